The van der Waals surface area contributed by atoms with E-state index in [1.54, 1.807) is 0 Å². The third-order valence-electron chi connectivity index (χ3n) is 3.03. The van der Waals surface area contributed by atoms with Crippen molar-refractivity contribution in [2.24, 2.45) is 0 Å². The monoisotopic (exact) mass is 214 g/mol. The van der Waals surface area contributed by atoms with E-state index in [4.69, 9.17) is 0 Å². The summed E-state index contributed by atoms with van der Waals surface area (Å²) in [6.45, 7) is 5.99. The first-order valence-electron chi connectivity index (χ1n) is 5.78. The number of hydrogen-bond acceptors (Lipinski definition) is 4. The number of nitrogens with zero attached hydrogens (tertiary/aromatic N) is 1. The fourth-order valence-corrected chi connectivity index (χ4v) is 1.98. The molecule has 0 spiro atoms. The molecule has 4 nitrogen and oxygen atoms in total. The van der Waals surface area contributed by atoms with E-state index in [0.717, 1.165) is 25.9 Å². The van der Waals surface area contributed by atoms with Gasteiger partial charge in [0.2, 0.25) is 0 Å². The zero-order valence-corrected chi connectivity index (χ0v) is 9.79. The van der Waals surface area contributed by atoms with Crippen molar-refractivity contribution in [2.45, 2.75) is 32.2 Å². The van der Waals surface area contributed by atoms with Gasteiger partial charge in [-0.2, -0.15) is 0 Å². The van der Waals surface area contributed by atoms with Crippen LogP contribution >= 0.6 is 0 Å². The van der Waals surface area contributed by atoms with Crippen molar-refractivity contribution in [2.75, 3.05) is 33.3 Å². The Kier molecular flexibility index (Phi) is 5.65. The lowest BCUT2D eigenvalue weighted by molar-refractivity contribution is -0.139. The van der Waals surface area contributed by atoms with Gasteiger partial charge in [0.1, 0.15) is 0 Å². The molecule has 0 aromatic rings. The minimum atomic E-state index is -0.174. The summed E-state index contributed by atoms with van der Waals surface area (Å²) in [5, 5.41) is 3.26. The predicted molar refractivity (Wildman–Crippen MR) is 59.8 cm³/mol. The van der Waals surface area contributed by atoms with Gasteiger partial charge in [-0.1, -0.05) is 6.92 Å². The summed E-state index contributed by atoms with van der Waals surface area (Å²) in [7, 11) is 1.43. The molecule has 1 saturated heterocycles. The van der Waals surface area contributed by atoms with Gasteiger partial charge in [-0.15, -0.1) is 0 Å². The first-order chi connectivity index (χ1) is 7.26. The Morgan fingerprint density at radius 2 is 2.27 bits per heavy atom. The standard InChI is InChI=1S/C11H22N2O2/c1-3-13-7-4-5-10(6-8-13)12-9-11(14)15-2/h10,12H,3-9H2,1-2H3. The summed E-state index contributed by atoms with van der Waals surface area (Å²) in [6.07, 6.45) is 3.50. The summed E-state index contributed by atoms with van der Waals surface area (Å²) in [6, 6.07) is 0.473. The van der Waals surface area contributed by atoms with Gasteiger partial charge >= 0.3 is 5.97 Å². The molecule has 0 bridgehead atoms. The molecule has 0 amide bonds. The van der Waals surface area contributed by atoms with Crippen LogP contribution in [0, 0.1) is 0 Å². The highest BCUT2D eigenvalue weighted by Gasteiger charge is 2.16. The molecule has 1 rings (SSSR count). The summed E-state index contributed by atoms with van der Waals surface area (Å²) < 4.78 is 4.60. The molecule has 15 heavy (non-hydrogen) atoms. The molecular weight excluding hydrogens is 192 g/mol. The van der Waals surface area contributed by atoms with E-state index in [0.29, 0.717) is 12.6 Å². The number of ether oxygens (including phenoxy) is 1. The maximum absolute atomic E-state index is 11.0. The van der Waals surface area contributed by atoms with Crippen molar-refractivity contribution in [3.05, 3.63) is 0 Å². The van der Waals surface area contributed by atoms with Crippen LogP contribution in [0.15, 0.2) is 0 Å². The van der Waals surface area contributed by atoms with Crippen LogP contribution < -0.4 is 5.32 Å². The van der Waals surface area contributed by atoms with Gasteiger partial charge < -0.3 is 15.0 Å². The van der Waals surface area contributed by atoms with Crippen molar-refractivity contribution < 1.29 is 9.53 Å². The number of methoxy groups -OCH3 is 1. The molecule has 1 aliphatic heterocycles. The summed E-state index contributed by atoms with van der Waals surface area (Å²) >= 11 is 0. The Balaban J connectivity index is 2.22. The fraction of sp³-hybridized carbons (Fsp3) is 0.909. The number of nitrogens with one attached hydrogen (secondary N) is 1. The zero-order chi connectivity index (χ0) is 11.1. The third-order valence-corrected chi connectivity index (χ3v) is 3.03. The lowest BCUT2D eigenvalue weighted by atomic mass is 10.1. The van der Waals surface area contributed by atoms with E-state index in [9.17, 15) is 4.79 Å². The van der Waals surface area contributed by atoms with Crippen LogP contribution in [0.3, 0.4) is 0 Å². The number of carbonyl (C=O) groups is 1. The molecule has 0 radical (unpaired) electrons. The van der Waals surface area contributed by atoms with Crippen molar-refractivity contribution >= 4 is 5.97 Å². The fourth-order valence-electron chi connectivity index (χ4n) is 1.98. The van der Waals surface area contributed by atoms with Crippen molar-refractivity contribution in [3.8, 4) is 0 Å². The zero-order valence-electron chi connectivity index (χ0n) is 9.79. The Hall–Kier alpha value is -0.610. The van der Waals surface area contributed by atoms with Crippen molar-refractivity contribution in [3.63, 3.8) is 0 Å². The van der Waals surface area contributed by atoms with Gasteiger partial charge in [-0.05, 0) is 38.9 Å². The summed E-state index contributed by atoms with van der Waals surface area (Å²) in [5.41, 5.74) is 0. The topological polar surface area (TPSA) is 41.6 Å². The Morgan fingerprint density at radius 3 is 2.93 bits per heavy atom. The minimum absolute atomic E-state index is 0.174. The van der Waals surface area contributed by atoms with Gasteiger partial charge in [0.05, 0.1) is 13.7 Å². The van der Waals surface area contributed by atoms with Crippen LogP contribution in [-0.4, -0.2) is 50.2 Å². The molecule has 1 N–H and O–H groups in total. The van der Waals surface area contributed by atoms with Crippen molar-refractivity contribution in [1.82, 2.24) is 10.2 Å². The van der Waals surface area contributed by atoms with Crippen LogP contribution in [0.5, 0.6) is 0 Å². The lowest BCUT2D eigenvalue weighted by Gasteiger charge is -2.17. The van der Waals surface area contributed by atoms with Gasteiger partial charge in [0.25, 0.3) is 0 Å². The maximum atomic E-state index is 11.0. The average Bonchev–Trinajstić information content (AvgIpc) is 2.50. The van der Waals surface area contributed by atoms with E-state index in [1.165, 1.54) is 20.1 Å². The highest BCUT2D eigenvalue weighted by molar-refractivity contribution is 5.71. The van der Waals surface area contributed by atoms with Crippen LogP contribution in [0.2, 0.25) is 0 Å². The number of esters is 1. The van der Waals surface area contributed by atoms with Crippen LogP contribution in [-0.2, 0) is 9.53 Å². The van der Waals surface area contributed by atoms with Gasteiger partial charge in [0.15, 0.2) is 0 Å². The van der Waals surface area contributed by atoms with Gasteiger partial charge in [-0.3, -0.25) is 4.79 Å². The lowest BCUT2D eigenvalue weighted by Crippen LogP contribution is -2.35. The number of hydrogen-bond donors (Lipinski definition) is 1. The largest absolute Gasteiger partial charge is 0.468 e. The second-order valence-electron chi connectivity index (χ2n) is 4.02. The van der Waals surface area contributed by atoms with E-state index in [2.05, 4.69) is 21.9 Å². The Morgan fingerprint density at radius 1 is 1.47 bits per heavy atom. The smallest absolute Gasteiger partial charge is 0.319 e. The third kappa shape index (κ3) is 4.62. The molecule has 0 aliphatic carbocycles. The predicted octanol–water partition coefficient (Wildman–Crippen LogP) is 0.623. The molecule has 0 aromatic heterocycles. The second kappa shape index (κ2) is 6.80. The highest BCUT2D eigenvalue weighted by atomic mass is 16.5. The van der Waals surface area contributed by atoms with E-state index >= 15 is 0 Å². The van der Waals surface area contributed by atoms with Crippen LogP contribution in [0.4, 0.5) is 0 Å². The van der Waals surface area contributed by atoms with Gasteiger partial charge in [-0.25, -0.2) is 0 Å². The summed E-state index contributed by atoms with van der Waals surface area (Å²) in [5.74, 6) is -0.174. The SMILES string of the molecule is CCN1CCCC(NCC(=O)OC)CC1. The van der Waals surface area contributed by atoms with E-state index in [1.807, 2.05) is 0 Å². The molecule has 1 aliphatic rings. The van der Waals surface area contributed by atoms with E-state index < -0.39 is 0 Å². The Labute approximate surface area is 92.0 Å². The maximum Gasteiger partial charge on any atom is 0.319 e. The van der Waals surface area contributed by atoms with Crippen LogP contribution in [0.25, 0.3) is 0 Å². The van der Waals surface area contributed by atoms with E-state index in [-0.39, 0.29) is 5.97 Å². The molecule has 88 valence electrons. The first kappa shape index (κ1) is 12.5. The molecule has 0 saturated carbocycles. The number of rotatable bonds is 4. The minimum Gasteiger partial charge on any atom is -0.468 e. The van der Waals surface area contributed by atoms with Crippen molar-refractivity contribution in [1.29, 1.82) is 0 Å². The quantitative estimate of drug-likeness (QED) is 0.697. The first-order valence-corrected chi connectivity index (χ1v) is 5.78. The molecule has 1 atom stereocenters. The molecule has 4 heteroatoms. The number of likely N-dealkylation sites (tertiary alicyclic amines) is 1. The van der Waals surface area contributed by atoms with Gasteiger partial charge in [0, 0.05) is 6.04 Å². The molecule has 1 heterocycles. The molecule has 1 unspecified atom stereocenters. The second-order valence-corrected chi connectivity index (χ2v) is 4.02. The molecule has 1 fully saturated rings. The molecular formula is C11H22N2O2. The summed E-state index contributed by atoms with van der Waals surface area (Å²) in [4.78, 5) is 13.4. The number of carbonyl (C=O) groups excluding carboxylic acids is 1. The Bertz CT molecular complexity index is 197. The average molecular weight is 214 g/mol. The molecule has 0 aromatic carbocycles. The normalized spacial score (nSPS) is 23.5. The highest BCUT2D eigenvalue weighted by Crippen LogP contribution is 2.10. The van der Waals surface area contributed by atoms with Crippen LogP contribution in [0.1, 0.15) is 26.2 Å².